The van der Waals surface area contributed by atoms with Gasteiger partial charge in [0.25, 0.3) is 11.8 Å². The molecule has 1 aliphatic heterocycles. The van der Waals surface area contributed by atoms with Gasteiger partial charge in [-0.25, -0.2) is 15.0 Å². The van der Waals surface area contributed by atoms with Gasteiger partial charge >= 0.3 is 0 Å². The third-order valence-corrected chi connectivity index (χ3v) is 10.0. The minimum atomic E-state index is -0.668. The number of nitrogens with one attached hydrogen (secondary N) is 3. The second kappa shape index (κ2) is 16.8. The molecular weight excluding hydrogens is 761 g/mol. The molecule has 2 aromatic carbocycles. The Morgan fingerprint density at radius 1 is 0.864 bits per heavy atom. The Kier molecular flexibility index (Phi) is 11.5. The van der Waals surface area contributed by atoms with Gasteiger partial charge in [0, 0.05) is 37.7 Å². The van der Waals surface area contributed by atoms with Crippen LogP contribution >= 0.6 is 0 Å². The second-order valence-electron chi connectivity index (χ2n) is 14.1. The molecule has 0 spiro atoms. The number of imidazole rings is 2. The fraction of sp³-hybridized carbons (Fsp3) is 0.350. The van der Waals surface area contributed by atoms with Crippen molar-refractivity contribution in [1.82, 2.24) is 39.2 Å². The molecule has 6 aromatic rings. The number of rotatable bonds is 17. The highest BCUT2D eigenvalue weighted by atomic mass is 16.5. The zero-order chi connectivity index (χ0) is 42.0. The maximum atomic E-state index is 13.7. The zero-order valence-corrected chi connectivity index (χ0v) is 33.4. The molecular formula is C40H46N12O7. The number of carbonyl (C=O) groups is 4. The number of benzene rings is 2. The zero-order valence-electron chi connectivity index (χ0n) is 33.4. The number of methoxy groups -OCH3 is 1. The topological polar surface area (TPSA) is 254 Å². The molecule has 0 unspecified atom stereocenters. The molecule has 0 atom stereocenters. The van der Waals surface area contributed by atoms with Gasteiger partial charge in [-0.05, 0) is 76.0 Å². The van der Waals surface area contributed by atoms with Crippen molar-refractivity contribution in [2.75, 3.05) is 37.4 Å². The Morgan fingerprint density at radius 2 is 1.46 bits per heavy atom. The van der Waals surface area contributed by atoms with E-state index < -0.39 is 23.6 Å². The maximum absolute atomic E-state index is 13.7. The molecule has 0 bridgehead atoms. The molecule has 5 heterocycles. The Morgan fingerprint density at radius 3 is 2.00 bits per heavy atom. The number of aryl methyl sites for hydroxylation is 4. The molecule has 7 rings (SSSR count). The monoisotopic (exact) mass is 806 g/mol. The van der Waals surface area contributed by atoms with E-state index >= 15 is 0 Å². The van der Waals surface area contributed by atoms with Crippen molar-refractivity contribution in [3.8, 4) is 11.5 Å². The molecule has 19 nitrogen and oxygen atoms in total. The molecule has 7 N–H and O–H groups in total. The largest absolute Gasteiger partial charge is 0.494 e. The molecule has 4 aromatic heterocycles. The third kappa shape index (κ3) is 8.22. The van der Waals surface area contributed by atoms with E-state index in [0.717, 1.165) is 19.5 Å². The summed E-state index contributed by atoms with van der Waals surface area (Å²) in [6.07, 6.45) is 4.94. The van der Waals surface area contributed by atoms with Crippen molar-refractivity contribution in [3.63, 3.8) is 0 Å². The van der Waals surface area contributed by atoms with Crippen LogP contribution in [-0.2, 0) is 26.1 Å². The number of nitrogens with zero attached hydrogens (tertiary/aromatic N) is 7. The van der Waals surface area contributed by atoms with Crippen LogP contribution in [0.3, 0.4) is 0 Å². The van der Waals surface area contributed by atoms with E-state index in [0.29, 0.717) is 82.0 Å². The lowest BCUT2D eigenvalue weighted by atomic mass is 10.0. The van der Waals surface area contributed by atoms with E-state index in [1.165, 1.54) is 19.2 Å². The first-order valence-electron chi connectivity index (χ1n) is 19.2. The highest BCUT2D eigenvalue weighted by Crippen LogP contribution is 2.33. The van der Waals surface area contributed by atoms with Gasteiger partial charge in [-0.2, -0.15) is 5.10 Å². The third-order valence-electron chi connectivity index (χ3n) is 10.0. The summed E-state index contributed by atoms with van der Waals surface area (Å²) in [6.45, 7) is 10.2. The molecule has 1 aliphatic rings. The number of primary amides is 2. The summed E-state index contributed by atoms with van der Waals surface area (Å²) in [7, 11) is 1.46. The maximum Gasteiger partial charge on any atom is 0.295 e. The first kappa shape index (κ1) is 40.2. The van der Waals surface area contributed by atoms with Gasteiger partial charge in [0.1, 0.15) is 28.2 Å². The van der Waals surface area contributed by atoms with Crippen LogP contribution in [0.5, 0.6) is 11.5 Å². The standard InChI is InChI=1S/C40H46N12O7/c1-6-26-34(59-22(4)44-26)38(56)48-40-46-28-16-25(36(42)54)18-31(58-13-10-23-19-43-20-23)33(28)51(40)12-9-8-11-50-32-27(15-24(35(41)53)17-30(32)57-5)45-39(50)47-37(55)29-14-21(3)49-52(29)7-2/h8-9,14-18,23,43H,6-7,10-13,19-20H2,1-5H3,(H2,41,53)(H2,42,54)(H,45,47,55)(H,46,48,56)/b9-8+. The fourth-order valence-corrected chi connectivity index (χ4v) is 6.99. The number of ether oxygens (including phenoxy) is 2. The van der Waals surface area contributed by atoms with Crippen LogP contribution in [-0.4, -0.2) is 84.3 Å². The average molecular weight is 807 g/mol. The van der Waals surface area contributed by atoms with Crippen molar-refractivity contribution in [1.29, 1.82) is 0 Å². The summed E-state index contributed by atoms with van der Waals surface area (Å²) in [5.41, 5.74) is 15.0. The number of hydrogen-bond donors (Lipinski definition) is 5. The number of allylic oxidation sites excluding steroid dienone is 2. The van der Waals surface area contributed by atoms with Crippen LogP contribution < -0.4 is 36.9 Å². The Hall–Kier alpha value is -7.02. The highest BCUT2D eigenvalue weighted by Gasteiger charge is 2.25. The van der Waals surface area contributed by atoms with Gasteiger partial charge in [-0.3, -0.25) is 34.5 Å². The number of anilines is 2. The van der Waals surface area contributed by atoms with E-state index in [1.54, 1.807) is 45.9 Å². The molecule has 0 radical (unpaired) electrons. The van der Waals surface area contributed by atoms with Crippen molar-refractivity contribution >= 4 is 57.6 Å². The van der Waals surface area contributed by atoms with Gasteiger partial charge in [0.2, 0.25) is 29.5 Å². The molecule has 308 valence electrons. The number of oxazole rings is 1. The molecule has 1 fully saturated rings. The van der Waals surface area contributed by atoms with Crippen LogP contribution in [0.1, 0.15) is 79.3 Å². The molecule has 4 amide bonds. The number of nitrogens with two attached hydrogens (primary N) is 2. The van der Waals surface area contributed by atoms with Crippen LogP contribution in [0.25, 0.3) is 22.1 Å². The number of carbonyl (C=O) groups excluding carboxylic acids is 4. The van der Waals surface area contributed by atoms with E-state index in [-0.39, 0.29) is 41.9 Å². The lowest BCUT2D eigenvalue weighted by molar-refractivity contribution is 0.0987. The smallest absolute Gasteiger partial charge is 0.295 e. The van der Waals surface area contributed by atoms with Crippen molar-refractivity contribution in [3.05, 3.63) is 82.3 Å². The van der Waals surface area contributed by atoms with Crippen LogP contribution in [0.2, 0.25) is 0 Å². The summed E-state index contributed by atoms with van der Waals surface area (Å²) >= 11 is 0. The Balaban J connectivity index is 1.27. The molecule has 0 aliphatic carbocycles. The quantitative estimate of drug-likeness (QED) is 0.0827. The van der Waals surface area contributed by atoms with E-state index in [1.807, 2.05) is 26.0 Å². The number of aromatic nitrogens is 7. The van der Waals surface area contributed by atoms with E-state index in [9.17, 15) is 19.2 Å². The van der Waals surface area contributed by atoms with Gasteiger partial charge in [-0.15, -0.1) is 0 Å². The van der Waals surface area contributed by atoms with Crippen molar-refractivity contribution in [2.45, 2.75) is 60.2 Å². The summed E-state index contributed by atoms with van der Waals surface area (Å²) < 4.78 is 22.7. The van der Waals surface area contributed by atoms with Gasteiger partial charge in [0.05, 0.1) is 36.1 Å². The summed E-state index contributed by atoms with van der Waals surface area (Å²) in [5.74, 6) is -0.397. The second-order valence-corrected chi connectivity index (χ2v) is 14.1. The van der Waals surface area contributed by atoms with Crippen molar-refractivity contribution in [2.24, 2.45) is 17.4 Å². The first-order chi connectivity index (χ1) is 28.4. The van der Waals surface area contributed by atoms with Crippen molar-refractivity contribution < 1.29 is 33.1 Å². The average Bonchev–Trinajstić information content (AvgIpc) is 3.95. The Labute approximate surface area is 338 Å². The number of amides is 4. The predicted molar refractivity (Wildman–Crippen MR) is 218 cm³/mol. The van der Waals surface area contributed by atoms with E-state index in [4.69, 9.17) is 30.3 Å². The van der Waals surface area contributed by atoms with Crippen LogP contribution in [0.15, 0.2) is 46.9 Å². The number of fused-ring (bicyclic) bond motifs is 2. The summed E-state index contributed by atoms with van der Waals surface area (Å²) in [5, 5.41) is 13.4. The first-order valence-corrected chi connectivity index (χ1v) is 19.2. The summed E-state index contributed by atoms with van der Waals surface area (Å²) in [4.78, 5) is 65.7. The molecule has 59 heavy (non-hydrogen) atoms. The van der Waals surface area contributed by atoms with Crippen LogP contribution in [0.4, 0.5) is 11.9 Å². The Bertz CT molecular complexity index is 2630. The number of hydrogen-bond acceptors (Lipinski definition) is 12. The van der Waals surface area contributed by atoms with Gasteiger partial charge in [0.15, 0.2) is 5.89 Å². The van der Waals surface area contributed by atoms with Gasteiger partial charge < -0.3 is 39.8 Å². The SMILES string of the molecule is CCc1nc(C)oc1C(=O)Nc1nc2cc(C(N)=O)cc(OCCC3CNC3)c2n1C/C=C/Cn1c(NC(=O)c2cc(C)nn2CC)nc2cc(C(N)=O)cc(OC)c21. The minimum absolute atomic E-state index is 0.0645. The molecule has 1 saturated heterocycles. The lowest BCUT2D eigenvalue weighted by Gasteiger charge is -2.26. The van der Waals surface area contributed by atoms with Crippen LogP contribution in [0, 0.1) is 19.8 Å². The summed E-state index contributed by atoms with van der Waals surface area (Å²) in [6, 6.07) is 7.87. The molecule has 0 saturated carbocycles. The molecule has 19 heteroatoms. The minimum Gasteiger partial charge on any atom is -0.494 e. The normalized spacial score (nSPS) is 13.0. The predicted octanol–water partition coefficient (Wildman–Crippen LogP) is 3.73. The fourth-order valence-electron chi connectivity index (χ4n) is 6.99. The lowest BCUT2D eigenvalue weighted by Crippen LogP contribution is -2.42. The van der Waals surface area contributed by atoms with E-state index in [2.05, 4.69) is 31.0 Å². The highest BCUT2D eigenvalue weighted by molar-refractivity contribution is 6.05. The van der Waals surface area contributed by atoms with Gasteiger partial charge in [-0.1, -0.05) is 19.1 Å².